The van der Waals surface area contributed by atoms with E-state index >= 15 is 0 Å². The van der Waals surface area contributed by atoms with Crippen molar-refractivity contribution in [2.24, 2.45) is 0 Å². The number of nitrogens with one attached hydrogen (secondary N) is 1. The van der Waals surface area contributed by atoms with Crippen LogP contribution in [-0.2, 0) is 0 Å². The zero-order valence-corrected chi connectivity index (χ0v) is 8.89. The van der Waals surface area contributed by atoms with E-state index in [0.717, 1.165) is 27.8 Å². The van der Waals surface area contributed by atoms with Gasteiger partial charge in [-0.25, -0.2) is 4.98 Å². The number of imidazole rings is 1. The van der Waals surface area contributed by atoms with Gasteiger partial charge in [0, 0.05) is 11.3 Å². The molecule has 2 aromatic rings. The van der Waals surface area contributed by atoms with Crippen LogP contribution in [0.4, 0.5) is 0 Å². The van der Waals surface area contributed by atoms with Crippen LogP contribution in [0.3, 0.4) is 0 Å². The second-order valence-electron chi connectivity index (χ2n) is 3.28. The van der Waals surface area contributed by atoms with E-state index in [1.54, 1.807) is 0 Å². The molecule has 0 bridgehead atoms. The Morgan fingerprint density at radius 2 is 1.93 bits per heavy atom. The first-order valence-corrected chi connectivity index (χ1v) is 4.84. The summed E-state index contributed by atoms with van der Waals surface area (Å²) in [5, 5.41) is 0.723. The van der Waals surface area contributed by atoms with Crippen LogP contribution < -0.4 is 0 Å². The zero-order valence-electron chi connectivity index (χ0n) is 8.13. The van der Waals surface area contributed by atoms with Gasteiger partial charge in [-0.2, -0.15) is 0 Å². The third-order valence-electron chi connectivity index (χ3n) is 2.26. The van der Waals surface area contributed by atoms with Crippen molar-refractivity contribution in [3.8, 4) is 11.4 Å². The standard InChI is InChI=1S/C11H11ClN2/c1-7-8(2)14-11(13-7)9-5-3-4-6-10(9)12/h3-6H,1-2H3,(H,13,14). The topological polar surface area (TPSA) is 28.7 Å². The summed E-state index contributed by atoms with van der Waals surface area (Å²) < 4.78 is 0. The highest BCUT2D eigenvalue weighted by Gasteiger charge is 2.07. The van der Waals surface area contributed by atoms with Crippen molar-refractivity contribution in [2.75, 3.05) is 0 Å². The highest BCUT2D eigenvalue weighted by molar-refractivity contribution is 6.33. The molecule has 0 spiro atoms. The summed E-state index contributed by atoms with van der Waals surface area (Å²) in [6, 6.07) is 7.69. The van der Waals surface area contributed by atoms with Gasteiger partial charge in [0.25, 0.3) is 0 Å². The van der Waals surface area contributed by atoms with Crippen LogP contribution in [0.5, 0.6) is 0 Å². The van der Waals surface area contributed by atoms with Crippen LogP contribution in [0.25, 0.3) is 11.4 Å². The molecular formula is C11H11ClN2. The van der Waals surface area contributed by atoms with Crippen molar-refractivity contribution >= 4 is 11.6 Å². The first kappa shape index (κ1) is 9.28. The van der Waals surface area contributed by atoms with Crippen molar-refractivity contribution < 1.29 is 0 Å². The highest BCUT2D eigenvalue weighted by atomic mass is 35.5. The Labute approximate surface area is 88.0 Å². The minimum atomic E-state index is 0.723. The number of rotatable bonds is 1. The molecule has 0 atom stereocenters. The molecule has 0 radical (unpaired) electrons. The molecule has 0 aliphatic heterocycles. The van der Waals surface area contributed by atoms with Crippen LogP contribution >= 0.6 is 11.6 Å². The number of nitrogens with zero attached hydrogens (tertiary/aromatic N) is 1. The number of H-pyrrole nitrogens is 1. The van der Waals surface area contributed by atoms with Crippen molar-refractivity contribution in [1.82, 2.24) is 9.97 Å². The molecule has 1 aromatic heterocycles. The van der Waals surface area contributed by atoms with E-state index in [-0.39, 0.29) is 0 Å². The highest BCUT2D eigenvalue weighted by Crippen LogP contribution is 2.25. The molecule has 3 heteroatoms. The van der Waals surface area contributed by atoms with Crippen LogP contribution in [0.2, 0.25) is 5.02 Å². The minimum Gasteiger partial charge on any atom is -0.342 e. The van der Waals surface area contributed by atoms with Gasteiger partial charge in [0.2, 0.25) is 0 Å². The maximum absolute atomic E-state index is 6.06. The predicted octanol–water partition coefficient (Wildman–Crippen LogP) is 3.35. The Morgan fingerprint density at radius 3 is 2.50 bits per heavy atom. The number of aromatic nitrogens is 2. The average Bonchev–Trinajstić information content (AvgIpc) is 2.48. The van der Waals surface area contributed by atoms with Gasteiger partial charge in [-0.1, -0.05) is 23.7 Å². The molecule has 0 saturated carbocycles. The van der Waals surface area contributed by atoms with Crippen LogP contribution in [0.1, 0.15) is 11.4 Å². The van der Waals surface area contributed by atoms with Crippen molar-refractivity contribution in [1.29, 1.82) is 0 Å². The maximum atomic E-state index is 6.06. The second-order valence-corrected chi connectivity index (χ2v) is 3.68. The van der Waals surface area contributed by atoms with Gasteiger partial charge in [0.1, 0.15) is 5.82 Å². The molecule has 2 rings (SSSR count). The monoisotopic (exact) mass is 206 g/mol. The molecule has 1 aromatic carbocycles. The maximum Gasteiger partial charge on any atom is 0.139 e. The molecule has 0 saturated heterocycles. The predicted molar refractivity (Wildman–Crippen MR) is 58.5 cm³/mol. The molecule has 1 heterocycles. The van der Waals surface area contributed by atoms with Crippen molar-refractivity contribution in [3.05, 3.63) is 40.7 Å². The van der Waals surface area contributed by atoms with E-state index < -0.39 is 0 Å². The summed E-state index contributed by atoms with van der Waals surface area (Å²) in [7, 11) is 0. The first-order chi connectivity index (χ1) is 6.68. The number of halogens is 1. The number of hydrogen-bond donors (Lipinski definition) is 1. The molecule has 2 nitrogen and oxygen atoms in total. The molecule has 0 amide bonds. The summed E-state index contributed by atoms with van der Waals surface area (Å²) in [6.07, 6.45) is 0. The Morgan fingerprint density at radius 1 is 1.21 bits per heavy atom. The van der Waals surface area contributed by atoms with E-state index in [9.17, 15) is 0 Å². The Bertz CT molecular complexity index is 441. The summed E-state index contributed by atoms with van der Waals surface area (Å²) in [5.74, 6) is 0.839. The molecule has 0 aliphatic carbocycles. The lowest BCUT2D eigenvalue weighted by Gasteiger charge is -1.98. The van der Waals surface area contributed by atoms with Gasteiger partial charge in [-0.3, -0.25) is 0 Å². The molecule has 14 heavy (non-hydrogen) atoms. The third-order valence-corrected chi connectivity index (χ3v) is 2.59. The van der Waals surface area contributed by atoms with E-state index in [2.05, 4.69) is 9.97 Å². The lowest BCUT2D eigenvalue weighted by atomic mass is 10.2. The van der Waals surface area contributed by atoms with E-state index in [0.29, 0.717) is 0 Å². The lowest BCUT2D eigenvalue weighted by molar-refractivity contribution is 1.22. The van der Waals surface area contributed by atoms with E-state index in [1.807, 2.05) is 38.1 Å². The number of aryl methyl sites for hydroxylation is 2. The van der Waals surface area contributed by atoms with Crippen molar-refractivity contribution in [3.63, 3.8) is 0 Å². The summed E-state index contributed by atoms with van der Waals surface area (Å²) >= 11 is 6.06. The lowest BCUT2D eigenvalue weighted by Crippen LogP contribution is -1.81. The molecule has 1 N–H and O–H groups in total. The second kappa shape index (κ2) is 3.46. The Balaban J connectivity index is 2.55. The fourth-order valence-electron chi connectivity index (χ4n) is 1.33. The molecule has 0 aliphatic rings. The fourth-order valence-corrected chi connectivity index (χ4v) is 1.55. The summed E-state index contributed by atoms with van der Waals surface area (Å²) in [4.78, 5) is 7.61. The molecule has 72 valence electrons. The molecule has 0 unspecified atom stereocenters. The molecular weight excluding hydrogens is 196 g/mol. The number of benzene rings is 1. The van der Waals surface area contributed by atoms with Gasteiger partial charge in [-0.15, -0.1) is 0 Å². The van der Waals surface area contributed by atoms with E-state index in [4.69, 9.17) is 11.6 Å². The molecule has 0 fully saturated rings. The number of aromatic amines is 1. The normalized spacial score (nSPS) is 10.5. The zero-order chi connectivity index (χ0) is 10.1. The summed E-state index contributed by atoms with van der Waals surface area (Å²) in [6.45, 7) is 3.98. The van der Waals surface area contributed by atoms with Crippen LogP contribution in [0, 0.1) is 13.8 Å². The Hall–Kier alpha value is -1.28. The number of hydrogen-bond acceptors (Lipinski definition) is 1. The van der Waals surface area contributed by atoms with Gasteiger partial charge in [-0.05, 0) is 26.0 Å². The van der Waals surface area contributed by atoms with E-state index in [1.165, 1.54) is 0 Å². The quantitative estimate of drug-likeness (QED) is 0.762. The van der Waals surface area contributed by atoms with Gasteiger partial charge >= 0.3 is 0 Å². The Kier molecular flexibility index (Phi) is 2.30. The largest absolute Gasteiger partial charge is 0.342 e. The van der Waals surface area contributed by atoms with Crippen LogP contribution in [-0.4, -0.2) is 9.97 Å². The van der Waals surface area contributed by atoms with Gasteiger partial charge in [0.05, 0.1) is 10.7 Å². The summed E-state index contributed by atoms with van der Waals surface area (Å²) in [5.41, 5.74) is 3.05. The smallest absolute Gasteiger partial charge is 0.139 e. The van der Waals surface area contributed by atoms with Gasteiger partial charge in [0.15, 0.2) is 0 Å². The third kappa shape index (κ3) is 1.53. The first-order valence-electron chi connectivity index (χ1n) is 4.46. The van der Waals surface area contributed by atoms with Gasteiger partial charge < -0.3 is 4.98 Å². The van der Waals surface area contributed by atoms with Crippen LogP contribution in [0.15, 0.2) is 24.3 Å². The average molecular weight is 207 g/mol. The SMILES string of the molecule is Cc1nc(-c2ccccc2Cl)[nH]c1C. The minimum absolute atomic E-state index is 0.723. The fraction of sp³-hybridized carbons (Fsp3) is 0.182. The van der Waals surface area contributed by atoms with Crippen molar-refractivity contribution in [2.45, 2.75) is 13.8 Å².